The van der Waals surface area contributed by atoms with Crippen molar-refractivity contribution in [3.8, 4) is 0 Å². The molecule has 0 aromatic rings. The van der Waals surface area contributed by atoms with Gasteiger partial charge in [-0.3, -0.25) is 4.74 Å². The number of halogens is 3. The number of ether oxygens (including phenoxy) is 2. The molecule has 0 fully saturated rings. The maximum absolute atomic E-state index is 12.3. The van der Waals surface area contributed by atoms with Crippen molar-refractivity contribution in [1.29, 1.82) is 0 Å². The van der Waals surface area contributed by atoms with Gasteiger partial charge >= 0.3 is 6.11 Å². The molecule has 0 spiro atoms. The van der Waals surface area contributed by atoms with E-state index in [2.05, 4.69) is 16.1 Å². The Balaban J connectivity index is 3.99. The first kappa shape index (κ1) is 12.3. The van der Waals surface area contributed by atoms with Crippen LogP contribution in [0.2, 0.25) is 0 Å². The van der Waals surface area contributed by atoms with Gasteiger partial charge in [0.15, 0.2) is 6.67 Å². The number of rotatable bonds is 7. The minimum atomic E-state index is -3.77. The summed E-state index contributed by atoms with van der Waals surface area (Å²) in [4.78, 5) is 0. The molecule has 0 radical (unpaired) electrons. The van der Waals surface area contributed by atoms with Crippen molar-refractivity contribution in [1.82, 2.24) is 0 Å². The highest BCUT2D eigenvalue weighted by atomic mass is 19.3. The highest BCUT2D eigenvalue weighted by Gasteiger charge is 2.34. The Morgan fingerprint density at radius 1 is 1.54 bits per heavy atom. The summed E-state index contributed by atoms with van der Waals surface area (Å²) in [5.74, 6) is 0. The van der Waals surface area contributed by atoms with Crippen LogP contribution < -0.4 is 0 Å². The molecule has 78 valence electrons. The minimum Gasteiger partial charge on any atom is -0.473 e. The van der Waals surface area contributed by atoms with Crippen molar-refractivity contribution in [3.05, 3.63) is 12.8 Å². The lowest BCUT2D eigenvalue weighted by molar-refractivity contribution is -0.311. The van der Waals surface area contributed by atoms with E-state index in [1.54, 1.807) is 6.92 Å². The molecule has 0 aromatic carbocycles. The van der Waals surface area contributed by atoms with E-state index in [-0.39, 0.29) is 6.42 Å². The van der Waals surface area contributed by atoms with Crippen molar-refractivity contribution in [2.45, 2.75) is 32.2 Å². The zero-order chi connectivity index (χ0) is 10.3. The molecule has 5 heteroatoms. The zero-order valence-corrected chi connectivity index (χ0v) is 7.43. The molecule has 0 N–H and O–H groups in total. The van der Waals surface area contributed by atoms with Crippen molar-refractivity contribution >= 4 is 0 Å². The molecule has 0 amide bonds. The van der Waals surface area contributed by atoms with Gasteiger partial charge in [-0.1, -0.05) is 19.9 Å². The molecule has 0 saturated heterocycles. The normalized spacial score (nSPS) is 13.8. The Bertz CT molecular complexity index is 150. The fourth-order valence-electron chi connectivity index (χ4n) is 0.722. The van der Waals surface area contributed by atoms with Gasteiger partial charge in [-0.05, 0) is 0 Å². The lowest BCUT2D eigenvalue weighted by Gasteiger charge is -2.21. The summed E-state index contributed by atoms with van der Waals surface area (Å²) in [5, 5.41) is 0. The van der Waals surface area contributed by atoms with Crippen molar-refractivity contribution in [2.75, 3.05) is 6.67 Å². The third kappa shape index (κ3) is 5.52. The number of hydrogen-bond donors (Lipinski definition) is 0. The van der Waals surface area contributed by atoms with E-state index in [1.165, 1.54) is 0 Å². The van der Waals surface area contributed by atoms with Gasteiger partial charge in [0.05, 0.1) is 6.26 Å². The first-order chi connectivity index (χ1) is 6.05. The van der Waals surface area contributed by atoms with E-state index in [1.807, 2.05) is 0 Å². The predicted molar refractivity (Wildman–Crippen MR) is 42.0 cm³/mol. The van der Waals surface area contributed by atoms with Crippen LogP contribution in [0.25, 0.3) is 0 Å². The van der Waals surface area contributed by atoms with Gasteiger partial charge in [-0.25, -0.2) is 4.39 Å². The van der Waals surface area contributed by atoms with Gasteiger partial charge in [-0.2, -0.15) is 8.78 Å². The molecule has 0 saturated carbocycles. The summed E-state index contributed by atoms with van der Waals surface area (Å²) in [5.41, 5.74) is 0. The van der Waals surface area contributed by atoms with E-state index in [9.17, 15) is 13.2 Å². The Hall–Kier alpha value is -0.710. The Labute approximate surface area is 75.3 Å². The molecule has 0 bridgehead atoms. The van der Waals surface area contributed by atoms with Crippen molar-refractivity contribution in [2.24, 2.45) is 0 Å². The van der Waals surface area contributed by atoms with E-state index >= 15 is 0 Å². The Kier molecular flexibility index (Phi) is 5.53. The number of hydrogen-bond acceptors (Lipinski definition) is 2. The summed E-state index contributed by atoms with van der Waals surface area (Å²) >= 11 is 0. The van der Waals surface area contributed by atoms with Crippen LogP contribution in [0.4, 0.5) is 13.2 Å². The number of alkyl halides is 3. The first-order valence-electron chi connectivity index (χ1n) is 3.93. The molecular weight excluding hydrogens is 185 g/mol. The molecule has 0 rings (SSSR count). The van der Waals surface area contributed by atoms with Gasteiger partial charge in [0, 0.05) is 6.42 Å². The summed E-state index contributed by atoms with van der Waals surface area (Å²) in [7, 11) is 0. The van der Waals surface area contributed by atoms with E-state index < -0.39 is 19.1 Å². The fourth-order valence-corrected chi connectivity index (χ4v) is 0.722. The average molecular weight is 198 g/mol. The molecule has 0 aromatic heterocycles. The van der Waals surface area contributed by atoms with Crippen molar-refractivity contribution < 1.29 is 22.6 Å². The summed E-state index contributed by atoms with van der Waals surface area (Å²) < 4.78 is 45.0. The van der Waals surface area contributed by atoms with Crippen LogP contribution in [0.1, 0.15) is 19.8 Å². The maximum Gasteiger partial charge on any atom is 0.386 e. The highest BCUT2D eigenvalue weighted by Crippen LogP contribution is 2.20. The van der Waals surface area contributed by atoms with Crippen LogP contribution in [0.3, 0.4) is 0 Å². The second-order valence-electron chi connectivity index (χ2n) is 2.41. The molecule has 0 heterocycles. The monoisotopic (exact) mass is 198 g/mol. The van der Waals surface area contributed by atoms with Crippen LogP contribution in [0, 0.1) is 0 Å². The minimum absolute atomic E-state index is 0.265. The molecule has 1 atom stereocenters. The largest absolute Gasteiger partial charge is 0.473 e. The third-order valence-corrected chi connectivity index (χ3v) is 1.23. The van der Waals surface area contributed by atoms with Crippen LogP contribution in [0.15, 0.2) is 12.8 Å². The lowest BCUT2D eigenvalue weighted by atomic mass is 10.3. The van der Waals surface area contributed by atoms with E-state index in [4.69, 9.17) is 0 Å². The average Bonchev–Trinajstić information content (AvgIpc) is 2.05. The SMILES string of the molecule is C=COC(CCC)OC(F)(F)CF. The molecule has 0 aliphatic heterocycles. The second-order valence-corrected chi connectivity index (χ2v) is 2.41. The van der Waals surface area contributed by atoms with Gasteiger partial charge < -0.3 is 4.74 Å². The second kappa shape index (κ2) is 5.85. The summed E-state index contributed by atoms with van der Waals surface area (Å²) in [6, 6.07) is 0. The van der Waals surface area contributed by atoms with Crippen molar-refractivity contribution in [3.63, 3.8) is 0 Å². The smallest absolute Gasteiger partial charge is 0.386 e. The van der Waals surface area contributed by atoms with Crippen LogP contribution in [-0.2, 0) is 9.47 Å². The highest BCUT2D eigenvalue weighted by molar-refractivity contribution is 4.57. The first-order valence-corrected chi connectivity index (χ1v) is 3.93. The zero-order valence-electron chi connectivity index (χ0n) is 7.43. The van der Waals surface area contributed by atoms with Gasteiger partial charge in [0.2, 0.25) is 6.29 Å². The summed E-state index contributed by atoms with van der Waals surface area (Å²) in [6.07, 6.45) is -3.05. The molecule has 1 unspecified atom stereocenters. The van der Waals surface area contributed by atoms with E-state index in [0.29, 0.717) is 6.42 Å². The third-order valence-electron chi connectivity index (χ3n) is 1.23. The molecule has 0 aliphatic rings. The predicted octanol–water partition coefficient (Wildman–Crippen LogP) is 2.85. The van der Waals surface area contributed by atoms with Gasteiger partial charge in [0.1, 0.15) is 0 Å². The molecular formula is C8H13F3O2. The quantitative estimate of drug-likeness (QED) is 0.462. The molecule has 0 aliphatic carbocycles. The van der Waals surface area contributed by atoms with Crippen LogP contribution >= 0.6 is 0 Å². The van der Waals surface area contributed by atoms with Gasteiger partial charge in [-0.15, -0.1) is 0 Å². The van der Waals surface area contributed by atoms with Crippen LogP contribution in [-0.4, -0.2) is 19.1 Å². The van der Waals surface area contributed by atoms with E-state index in [0.717, 1.165) is 6.26 Å². The Morgan fingerprint density at radius 2 is 2.15 bits per heavy atom. The van der Waals surface area contributed by atoms with Gasteiger partial charge in [0.25, 0.3) is 0 Å². The topological polar surface area (TPSA) is 18.5 Å². The molecule has 13 heavy (non-hydrogen) atoms. The summed E-state index contributed by atoms with van der Waals surface area (Å²) in [6.45, 7) is 3.12. The van der Waals surface area contributed by atoms with Crippen LogP contribution in [0.5, 0.6) is 0 Å². The standard InChI is InChI=1S/C8H13F3O2/c1-3-5-7(12-4-2)13-8(10,11)6-9/h4,7H,2-3,5-6H2,1H3. The fraction of sp³-hybridized carbons (Fsp3) is 0.750. The maximum atomic E-state index is 12.3. The Morgan fingerprint density at radius 3 is 2.54 bits per heavy atom. The molecule has 2 nitrogen and oxygen atoms in total. The lowest BCUT2D eigenvalue weighted by Crippen LogP contribution is -2.30.